The minimum Gasteiger partial charge on any atom is -0.488 e. The minimum atomic E-state index is 0.248. The molecule has 1 N–H and O–H groups in total. The van der Waals surface area contributed by atoms with Crippen molar-refractivity contribution >= 4 is 12.2 Å². The van der Waals surface area contributed by atoms with Crippen molar-refractivity contribution in [1.29, 1.82) is 0 Å². The van der Waals surface area contributed by atoms with E-state index in [2.05, 4.69) is 59.4 Å². The first-order chi connectivity index (χ1) is 18.1. The second-order valence-corrected chi connectivity index (χ2v) is 10.2. The molecular formula is C30H34N4O2S. The van der Waals surface area contributed by atoms with Crippen LogP contribution in [0.2, 0.25) is 0 Å². The summed E-state index contributed by atoms with van der Waals surface area (Å²) in [5.41, 5.74) is 4.24. The molecule has 0 bridgehead atoms. The Morgan fingerprint density at radius 1 is 0.838 bits per heavy atom. The molecule has 5 rings (SSSR count). The average molecular weight is 515 g/mol. The summed E-state index contributed by atoms with van der Waals surface area (Å²) in [7, 11) is 0. The fourth-order valence-electron chi connectivity index (χ4n) is 4.72. The lowest BCUT2D eigenvalue weighted by atomic mass is 9.98. The summed E-state index contributed by atoms with van der Waals surface area (Å²) in [6.45, 7) is 7.21. The van der Waals surface area contributed by atoms with Crippen molar-refractivity contribution in [2.45, 2.75) is 52.2 Å². The van der Waals surface area contributed by atoms with Gasteiger partial charge in [-0.05, 0) is 60.2 Å². The van der Waals surface area contributed by atoms with Gasteiger partial charge in [0, 0.05) is 19.2 Å². The van der Waals surface area contributed by atoms with Crippen LogP contribution in [0.25, 0.3) is 11.4 Å². The van der Waals surface area contributed by atoms with Crippen LogP contribution < -0.4 is 14.5 Å². The van der Waals surface area contributed by atoms with Crippen LogP contribution in [0.1, 0.15) is 55.7 Å². The van der Waals surface area contributed by atoms with Gasteiger partial charge in [0.2, 0.25) is 4.77 Å². The van der Waals surface area contributed by atoms with Crippen molar-refractivity contribution in [3.05, 3.63) is 94.3 Å². The monoisotopic (exact) mass is 514 g/mol. The fourth-order valence-corrected chi connectivity index (χ4v) is 4.97. The third-order valence-electron chi connectivity index (χ3n) is 6.71. The molecular weight excluding hydrogens is 480 g/mol. The van der Waals surface area contributed by atoms with Crippen LogP contribution in [0.4, 0.5) is 0 Å². The summed E-state index contributed by atoms with van der Waals surface area (Å²) in [6, 6.07) is 24.6. The summed E-state index contributed by atoms with van der Waals surface area (Å²) in [5.74, 6) is 2.57. The zero-order valence-corrected chi connectivity index (χ0v) is 22.3. The number of aromatic amines is 1. The molecule has 0 saturated carbocycles. The van der Waals surface area contributed by atoms with Gasteiger partial charge in [-0.25, -0.2) is 9.77 Å². The lowest BCUT2D eigenvalue weighted by Gasteiger charge is -2.30. The van der Waals surface area contributed by atoms with Crippen molar-refractivity contribution in [2.75, 3.05) is 18.1 Å². The van der Waals surface area contributed by atoms with Crippen molar-refractivity contribution in [1.82, 2.24) is 14.9 Å². The van der Waals surface area contributed by atoms with Gasteiger partial charge >= 0.3 is 0 Å². The van der Waals surface area contributed by atoms with Gasteiger partial charge in [0.05, 0.1) is 5.56 Å². The molecule has 6 nitrogen and oxygen atoms in total. The normalized spacial score (nSPS) is 13.6. The number of hydrogen-bond donors (Lipinski definition) is 1. The number of ether oxygens (including phenoxy) is 2. The van der Waals surface area contributed by atoms with E-state index in [-0.39, 0.29) is 5.92 Å². The molecule has 0 amide bonds. The van der Waals surface area contributed by atoms with E-state index in [9.17, 15) is 0 Å². The first kappa shape index (κ1) is 25.1. The molecule has 1 saturated heterocycles. The highest BCUT2D eigenvalue weighted by molar-refractivity contribution is 7.71. The Bertz CT molecular complexity index is 1360. The van der Waals surface area contributed by atoms with Gasteiger partial charge in [0.15, 0.2) is 5.82 Å². The Morgan fingerprint density at radius 3 is 2.03 bits per heavy atom. The summed E-state index contributed by atoms with van der Waals surface area (Å²) < 4.78 is 15.5. The van der Waals surface area contributed by atoms with Crippen LogP contribution in [0.3, 0.4) is 0 Å². The molecule has 0 aliphatic carbocycles. The number of benzene rings is 3. The molecule has 1 aliphatic rings. The maximum absolute atomic E-state index is 6.46. The third-order valence-corrected chi connectivity index (χ3v) is 6.98. The maximum atomic E-state index is 6.46. The molecule has 7 heteroatoms. The predicted molar refractivity (Wildman–Crippen MR) is 150 cm³/mol. The van der Waals surface area contributed by atoms with E-state index >= 15 is 0 Å². The predicted octanol–water partition coefficient (Wildman–Crippen LogP) is 7.01. The molecule has 1 fully saturated rings. The van der Waals surface area contributed by atoms with Crippen molar-refractivity contribution in [2.24, 2.45) is 0 Å². The van der Waals surface area contributed by atoms with E-state index in [0.29, 0.717) is 18.0 Å². The highest BCUT2D eigenvalue weighted by Crippen LogP contribution is 2.39. The summed E-state index contributed by atoms with van der Waals surface area (Å²) in [5, 5.41) is 10.0. The maximum Gasteiger partial charge on any atom is 0.214 e. The molecule has 0 radical (unpaired) electrons. The van der Waals surface area contributed by atoms with Crippen LogP contribution in [-0.2, 0) is 13.2 Å². The highest BCUT2D eigenvalue weighted by Gasteiger charge is 2.23. The Balaban J connectivity index is 1.56. The van der Waals surface area contributed by atoms with E-state index in [1.807, 2.05) is 47.1 Å². The molecule has 37 heavy (non-hydrogen) atoms. The van der Waals surface area contributed by atoms with Gasteiger partial charge in [0.1, 0.15) is 24.7 Å². The molecule has 0 spiro atoms. The standard InChI is InChI=1S/C30H34N4O2S/c1-22(2)25-18-26(29-31-32-30(37)34(29)33-16-10-5-11-17-33)28(36-21-24-14-8-4-9-15-24)19-27(25)35-20-23-12-6-3-7-13-23/h3-4,6-9,12-15,18-19,22H,5,10-11,16-17,20-21H2,1-2H3,(H,32,37). The lowest BCUT2D eigenvalue weighted by Crippen LogP contribution is -2.39. The van der Waals surface area contributed by atoms with Gasteiger partial charge in [-0.3, -0.25) is 0 Å². The number of nitrogens with one attached hydrogen (secondary N) is 1. The van der Waals surface area contributed by atoms with Crippen molar-refractivity contribution < 1.29 is 9.47 Å². The summed E-state index contributed by atoms with van der Waals surface area (Å²) in [4.78, 5) is 0. The quantitative estimate of drug-likeness (QED) is 0.244. The second-order valence-electron chi connectivity index (χ2n) is 9.77. The Morgan fingerprint density at radius 2 is 1.43 bits per heavy atom. The van der Waals surface area contributed by atoms with Crippen LogP contribution in [0.5, 0.6) is 11.5 Å². The van der Waals surface area contributed by atoms with Crippen LogP contribution in [0, 0.1) is 4.77 Å². The number of rotatable bonds is 9. The van der Waals surface area contributed by atoms with E-state index in [1.54, 1.807) is 0 Å². The van der Waals surface area contributed by atoms with Gasteiger partial charge in [-0.2, -0.15) is 5.10 Å². The number of hydrogen-bond acceptors (Lipinski definition) is 5. The highest BCUT2D eigenvalue weighted by atomic mass is 32.1. The van der Waals surface area contributed by atoms with Gasteiger partial charge in [0.25, 0.3) is 0 Å². The Hall–Kier alpha value is -3.58. The van der Waals surface area contributed by atoms with E-state index in [0.717, 1.165) is 65.5 Å². The van der Waals surface area contributed by atoms with Crippen LogP contribution in [-0.4, -0.2) is 28.0 Å². The van der Waals surface area contributed by atoms with Gasteiger partial charge < -0.3 is 14.5 Å². The largest absolute Gasteiger partial charge is 0.488 e. The van der Waals surface area contributed by atoms with Gasteiger partial charge in [-0.1, -0.05) is 74.5 Å². The number of aromatic nitrogens is 3. The SMILES string of the molecule is CC(C)c1cc(-c2n[nH]c(=S)n2N2CCCCC2)c(OCc2ccccc2)cc1OCc1ccccc1. The zero-order valence-electron chi connectivity index (χ0n) is 21.5. The molecule has 1 aliphatic heterocycles. The average Bonchev–Trinajstić information content (AvgIpc) is 3.33. The van der Waals surface area contributed by atoms with Crippen LogP contribution >= 0.6 is 12.2 Å². The second kappa shape index (κ2) is 11.6. The summed E-state index contributed by atoms with van der Waals surface area (Å²) >= 11 is 5.68. The lowest BCUT2D eigenvalue weighted by molar-refractivity contribution is 0.287. The third kappa shape index (κ3) is 5.88. The van der Waals surface area contributed by atoms with Crippen molar-refractivity contribution in [3.8, 4) is 22.9 Å². The Labute approximate surface area is 223 Å². The van der Waals surface area contributed by atoms with Crippen molar-refractivity contribution in [3.63, 3.8) is 0 Å². The van der Waals surface area contributed by atoms with E-state index in [4.69, 9.17) is 21.7 Å². The first-order valence-corrected chi connectivity index (χ1v) is 13.5. The van der Waals surface area contributed by atoms with E-state index < -0.39 is 0 Å². The number of piperidine rings is 1. The molecule has 2 heterocycles. The topological polar surface area (TPSA) is 55.3 Å². The molecule has 3 aromatic carbocycles. The molecule has 4 aromatic rings. The fraction of sp³-hybridized carbons (Fsp3) is 0.333. The first-order valence-electron chi connectivity index (χ1n) is 13.0. The molecule has 0 unspecified atom stereocenters. The molecule has 0 atom stereocenters. The molecule has 192 valence electrons. The summed E-state index contributed by atoms with van der Waals surface area (Å²) in [6.07, 6.45) is 3.54. The minimum absolute atomic E-state index is 0.248. The van der Waals surface area contributed by atoms with E-state index in [1.165, 1.54) is 6.42 Å². The number of H-pyrrole nitrogens is 1. The smallest absolute Gasteiger partial charge is 0.214 e. The molecule has 1 aromatic heterocycles. The zero-order chi connectivity index (χ0) is 25.6. The van der Waals surface area contributed by atoms with Crippen LogP contribution in [0.15, 0.2) is 72.8 Å². The number of nitrogens with zero attached hydrogens (tertiary/aromatic N) is 3. The Kier molecular flexibility index (Phi) is 7.90. The van der Waals surface area contributed by atoms with Gasteiger partial charge in [-0.15, -0.1) is 0 Å².